The van der Waals surface area contributed by atoms with Gasteiger partial charge in [-0.15, -0.1) is 0 Å². The number of hydrogen-bond acceptors (Lipinski definition) is 3. The highest BCUT2D eigenvalue weighted by molar-refractivity contribution is 7.07. The van der Waals surface area contributed by atoms with Crippen LogP contribution in [0, 0.1) is 0 Å². The highest BCUT2D eigenvalue weighted by atomic mass is 32.1. The first-order valence-corrected chi connectivity index (χ1v) is 6.62. The third-order valence-electron chi connectivity index (χ3n) is 2.80. The fraction of sp³-hybridized carbons (Fsp3) is 0.583. The van der Waals surface area contributed by atoms with Crippen LogP contribution >= 0.6 is 11.3 Å². The Morgan fingerprint density at radius 3 is 3.13 bits per heavy atom. The minimum Gasteiger partial charge on any atom is -0.367 e. The van der Waals surface area contributed by atoms with Gasteiger partial charge in [0, 0.05) is 13.0 Å². The molecule has 0 saturated heterocycles. The van der Waals surface area contributed by atoms with Crippen molar-refractivity contribution in [2.24, 2.45) is 4.99 Å². The standard InChI is InChI=1S/C12H18N2S/c1-10(11-6-8-15-9-11)14-12-5-3-2-4-7-13-12/h6,8-10H,2-5,7H2,1H3,(H,13,14). The molecule has 0 aliphatic carbocycles. The molecule has 1 atom stereocenters. The van der Waals surface area contributed by atoms with Crippen molar-refractivity contribution < 1.29 is 0 Å². The average Bonchev–Trinajstić information content (AvgIpc) is 2.65. The highest BCUT2D eigenvalue weighted by Crippen LogP contribution is 2.16. The summed E-state index contributed by atoms with van der Waals surface area (Å²) < 4.78 is 0. The molecule has 1 aliphatic rings. The third-order valence-corrected chi connectivity index (χ3v) is 3.50. The number of aliphatic imine (C=N–C) groups is 1. The maximum absolute atomic E-state index is 4.58. The van der Waals surface area contributed by atoms with Crippen molar-refractivity contribution in [3.8, 4) is 0 Å². The molecule has 0 spiro atoms. The van der Waals surface area contributed by atoms with Crippen molar-refractivity contribution in [1.29, 1.82) is 0 Å². The number of nitrogens with zero attached hydrogens (tertiary/aromatic N) is 1. The summed E-state index contributed by atoms with van der Waals surface area (Å²) in [4.78, 5) is 4.58. The van der Waals surface area contributed by atoms with E-state index in [2.05, 4.69) is 34.1 Å². The smallest absolute Gasteiger partial charge is 0.0967 e. The largest absolute Gasteiger partial charge is 0.367 e. The summed E-state index contributed by atoms with van der Waals surface area (Å²) in [5.41, 5.74) is 1.37. The Labute approximate surface area is 95.4 Å². The van der Waals surface area contributed by atoms with Gasteiger partial charge in [-0.25, -0.2) is 0 Å². The number of amidine groups is 1. The van der Waals surface area contributed by atoms with E-state index in [1.54, 1.807) is 11.3 Å². The van der Waals surface area contributed by atoms with Crippen LogP contribution in [0.5, 0.6) is 0 Å². The van der Waals surface area contributed by atoms with Gasteiger partial charge in [-0.2, -0.15) is 11.3 Å². The Hall–Kier alpha value is -0.830. The number of hydrogen-bond donors (Lipinski definition) is 1. The summed E-state index contributed by atoms with van der Waals surface area (Å²) >= 11 is 1.75. The molecule has 82 valence electrons. The van der Waals surface area contributed by atoms with Crippen LogP contribution in [-0.2, 0) is 0 Å². The van der Waals surface area contributed by atoms with Gasteiger partial charge in [-0.3, -0.25) is 4.99 Å². The molecule has 2 rings (SSSR count). The van der Waals surface area contributed by atoms with E-state index in [0.717, 1.165) is 13.0 Å². The SMILES string of the molecule is CC(NC1=NCCCCC1)c1ccsc1. The third kappa shape index (κ3) is 3.06. The molecular weight excluding hydrogens is 204 g/mol. The van der Waals surface area contributed by atoms with Gasteiger partial charge in [0.05, 0.1) is 11.9 Å². The molecule has 1 aromatic heterocycles. The molecule has 2 heterocycles. The summed E-state index contributed by atoms with van der Waals surface area (Å²) in [6.45, 7) is 3.20. The summed E-state index contributed by atoms with van der Waals surface area (Å²) in [6.07, 6.45) is 4.97. The summed E-state index contributed by atoms with van der Waals surface area (Å²) in [5, 5.41) is 7.85. The summed E-state index contributed by atoms with van der Waals surface area (Å²) in [6, 6.07) is 2.58. The Bertz CT molecular complexity index is 316. The Balaban J connectivity index is 1.93. The molecule has 0 amide bonds. The van der Waals surface area contributed by atoms with Gasteiger partial charge < -0.3 is 5.32 Å². The molecule has 1 aliphatic heterocycles. The molecule has 0 radical (unpaired) electrons. The van der Waals surface area contributed by atoms with E-state index in [1.165, 1.54) is 30.7 Å². The number of rotatable bonds is 2. The van der Waals surface area contributed by atoms with Crippen LogP contribution in [0.1, 0.15) is 44.2 Å². The van der Waals surface area contributed by atoms with Crippen LogP contribution < -0.4 is 5.32 Å². The van der Waals surface area contributed by atoms with Crippen molar-refractivity contribution >= 4 is 17.2 Å². The average molecular weight is 222 g/mol. The van der Waals surface area contributed by atoms with Crippen molar-refractivity contribution in [1.82, 2.24) is 5.32 Å². The molecule has 3 heteroatoms. The van der Waals surface area contributed by atoms with Crippen LogP contribution in [0.4, 0.5) is 0 Å². The summed E-state index contributed by atoms with van der Waals surface area (Å²) in [5.74, 6) is 1.20. The lowest BCUT2D eigenvalue weighted by Crippen LogP contribution is -2.26. The normalized spacial score (nSPS) is 19.1. The van der Waals surface area contributed by atoms with Gasteiger partial charge in [-0.05, 0) is 42.2 Å². The van der Waals surface area contributed by atoms with Crippen LogP contribution in [-0.4, -0.2) is 12.4 Å². The van der Waals surface area contributed by atoms with Gasteiger partial charge in [0.2, 0.25) is 0 Å². The fourth-order valence-electron chi connectivity index (χ4n) is 1.85. The highest BCUT2D eigenvalue weighted by Gasteiger charge is 2.09. The minimum absolute atomic E-state index is 0.396. The van der Waals surface area contributed by atoms with E-state index in [9.17, 15) is 0 Å². The van der Waals surface area contributed by atoms with Crippen molar-refractivity contribution in [2.45, 2.75) is 38.6 Å². The van der Waals surface area contributed by atoms with Crippen molar-refractivity contribution in [3.05, 3.63) is 22.4 Å². The van der Waals surface area contributed by atoms with E-state index in [1.807, 2.05) is 0 Å². The van der Waals surface area contributed by atoms with Crippen LogP contribution in [0.2, 0.25) is 0 Å². The molecule has 0 fully saturated rings. The van der Waals surface area contributed by atoms with E-state index >= 15 is 0 Å². The summed E-state index contributed by atoms with van der Waals surface area (Å²) in [7, 11) is 0. The van der Waals surface area contributed by atoms with E-state index in [-0.39, 0.29) is 0 Å². The first-order chi connectivity index (χ1) is 7.36. The second-order valence-corrected chi connectivity index (χ2v) is 4.84. The fourth-order valence-corrected chi connectivity index (χ4v) is 2.60. The molecule has 0 aromatic carbocycles. The lowest BCUT2D eigenvalue weighted by atomic mass is 10.1. The lowest BCUT2D eigenvalue weighted by molar-refractivity contribution is 0.695. The Kier molecular flexibility index (Phi) is 3.78. The molecule has 1 N–H and O–H groups in total. The first kappa shape index (κ1) is 10.7. The monoisotopic (exact) mass is 222 g/mol. The van der Waals surface area contributed by atoms with Crippen LogP contribution in [0.3, 0.4) is 0 Å². The topological polar surface area (TPSA) is 24.4 Å². The van der Waals surface area contributed by atoms with Crippen molar-refractivity contribution in [3.63, 3.8) is 0 Å². The molecule has 0 bridgehead atoms. The number of thiophene rings is 1. The van der Waals surface area contributed by atoms with Crippen molar-refractivity contribution in [2.75, 3.05) is 6.54 Å². The van der Waals surface area contributed by atoms with Gasteiger partial charge in [0.25, 0.3) is 0 Å². The second-order valence-electron chi connectivity index (χ2n) is 4.06. The maximum Gasteiger partial charge on any atom is 0.0967 e. The lowest BCUT2D eigenvalue weighted by Gasteiger charge is -2.15. The van der Waals surface area contributed by atoms with Crippen LogP contribution in [0.15, 0.2) is 21.8 Å². The second kappa shape index (κ2) is 5.31. The molecule has 0 saturated carbocycles. The van der Waals surface area contributed by atoms with Crippen LogP contribution in [0.25, 0.3) is 0 Å². The molecule has 2 nitrogen and oxygen atoms in total. The van der Waals surface area contributed by atoms with E-state index < -0.39 is 0 Å². The zero-order valence-electron chi connectivity index (χ0n) is 9.20. The van der Waals surface area contributed by atoms with E-state index in [4.69, 9.17) is 0 Å². The molecule has 15 heavy (non-hydrogen) atoms. The predicted octanol–water partition coefficient (Wildman–Crippen LogP) is 3.37. The quantitative estimate of drug-likeness (QED) is 0.815. The zero-order valence-corrected chi connectivity index (χ0v) is 10.0. The molecule has 1 unspecified atom stereocenters. The zero-order chi connectivity index (χ0) is 10.5. The molecule has 1 aromatic rings. The first-order valence-electron chi connectivity index (χ1n) is 5.68. The minimum atomic E-state index is 0.396. The van der Waals surface area contributed by atoms with E-state index in [0.29, 0.717) is 6.04 Å². The van der Waals surface area contributed by atoms with Gasteiger partial charge >= 0.3 is 0 Å². The van der Waals surface area contributed by atoms with Gasteiger partial charge in [0.15, 0.2) is 0 Å². The van der Waals surface area contributed by atoms with Gasteiger partial charge in [0.1, 0.15) is 0 Å². The number of nitrogens with one attached hydrogen (secondary N) is 1. The Morgan fingerprint density at radius 1 is 1.40 bits per heavy atom. The maximum atomic E-state index is 4.58. The van der Waals surface area contributed by atoms with Gasteiger partial charge in [-0.1, -0.05) is 6.42 Å². The predicted molar refractivity (Wildman–Crippen MR) is 66.6 cm³/mol. The molecular formula is C12H18N2S. The Morgan fingerprint density at radius 2 is 2.33 bits per heavy atom.